The van der Waals surface area contributed by atoms with Crippen molar-refractivity contribution < 1.29 is 13.1 Å². The maximum absolute atomic E-state index is 15.4. The van der Waals surface area contributed by atoms with Gasteiger partial charge < -0.3 is 22.5 Å². The summed E-state index contributed by atoms with van der Waals surface area (Å²) in [6.07, 6.45) is 5.20. The van der Waals surface area contributed by atoms with Crippen molar-refractivity contribution >= 4 is 40.5 Å². The lowest BCUT2D eigenvalue weighted by Crippen LogP contribution is -2.51. The van der Waals surface area contributed by atoms with Gasteiger partial charge in [0.1, 0.15) is 5.71 Å². The molecule has 0 aliphatic carbocycles. The number of hydrogen-bond donors (Lipinski definition) is 0. The number of anilines is 1. The lowest BCUT2D eigenvalue weighted by molar-refractivity contribution is -0.362. The van der Waals surface area contributed by atoms with E-state index in [1.807, 2.05) is 25.1 Å². The van der Waals surface area contributed by atoms with E-state index in [4.69, 9.17) is 0 Å². The van der Waals surface area contributed by atoms with Gasteiger partial charge in [0.25, 0.3) is 0 Å². The molecule has 3 nitrogen and oxygen atoms in total. The van der Waals surface area contributed by atoms with Crippen LogP contribution in [0.15, 0.2) is 27.9 Å². The summed E-state index contributed by atoms with van der Waals surface area (Å²) in [6, 6.07) is 3.66. The third-order valence-electron chi connectivity index (χ3n) is 5.17. The van der Waals surface area contributed by atoms with Crippen molar-refractivity contribution in [2.45, 2.75) is 33.1 Å². The van der Waals surface area contributed by atoms with Crippen molar-refractivity contribution in [1.82, 2.24) is 4.48 Å². The number of rotatable bonds is 1. The van der Waals surface area contributed by atoms with Gasteiger partial charge in [0, 0.05) is 37.4 Å². The van der Waals surface area contributed by atoms with Crippen LogP contribution < -0.4 is 4.90 Å². The van der Waals surface area contributed by atoms with E-state index in [9.17, 15) is 0 Å². The Morgan fingerprint density at radius 1 is 1.13 bits per heavy atom. The van der Waals surface area contributed by atoms with Crippen LogP contribution in [0.4, 0.5) is 14.4 Å². The van der Waals surface area contributed by atoms with Gasteiger partial charge in [-0.3, -0.25) is 0 Å². The van der Waals surface area contributed by atoms with Crippen LogP contribution in [-0.4, -0.2) is 34.7 Å². The fourth-order valence-corrected chi connectivity index (χ4v) is 4.37. The third-order valence-corrected chi connectivity index (χ3v) is 6.33. The smallest absolute Gasteiger partial charge is 0.389 e. The molecule has 3 aliphatic heterocycles. The minimum atomic E-state index is -3.88. The molecule has 3 aliphatic rings. The second kappa shape index (κ2) is 5.06. The van der Waals surface area contributed by atoms with E-state index < -0.39 is 6.97 Å². The Morgan fingerprint density at radius 2 is 1.83 bits per heavy atom. The molecule has 1 fully saturated rings. The summed E-state index contributed by atoms with van der Waals surface area (Å²) in [6.45, 7) is 1.47. The molecule has 0 radical (unpaired) electrons. The number of aromatic nitrogens is 1. The molecule has 1 aromatic rings. The van der Waals surface area contributed by atoms with Crippen LogP contribution in [0.3, 0.4) is 0 Å². The minimum absolute atomic E-state index is 0.586. The van der Waals surface area contributed by atoms with Crippen molar-refractivity contribution in [3.63, 3.8) is 0 Å². The van der Waals surface area contributed by atoms with E-state index in [2.05, 4.69) is 20.8 Å². The molecule has 4 rings (SSSR count). The lowest BCUT2D eigenvalue weighted by Gasteiger charge is -2.36. The molecule has 1 aromatic heterocycles. The van der Waals surface area contributed by atoms with Crippen LogP contribution in [0.5, 0.6) is 0 Å². The van der Waals surface area contributed by atoms with Gasteiger partial charge in [-0.05, 0) is 54.2 Å². The van der Waals surface area contributed by atoms with Gasteiger partial charge in [-0.15, -0.1) is 0 Å². The van der Waals surface area contributed by atoms with Gasteiger partial charge in [-0.1, -0.05) is 0 Å². The molecule has 1 saturated heterocycles. The van der Waals surface area contributed by atoms with E-state index in [-0.39, 0.29) is 0 Å². The first-order valence-electron chi connectivity index (χ1n) is 8.13. The summed E-state index contributed by atoms with van der Waals surface area (Å²) < 4.78 is 34.1. The number of nitrogens with zero attached hydrogens (tertiary/aromatic N) is 3. The predicted molar refractivity (Wildman–Crippen MR) is 94.4 cm³/mol. The average Bonchev–Trinajstić information content (AvgIpc) is 3.06. The summed E-state index contributed by atoms with van der Waals surface area (Å²) >= 11 is 3.46. The van der Waals surface area contributed by atoms with Gasteiger partial charge in [-0.2, -0.15) is 0 Å². The Kier molecular flexibility index (Phi) is 3.34. The van der Waals surface area contributed by atoms with E-state index in [0.717, 1.165) is 36.0 Å². The highest BCUT2D eigenvalue weighted by atomic mass is 79.9. The monoisotopic (exact) mass is 381 g/mol. The second-order valence-electron chi connectivity index (χ2n) is 6.55. The summed E-state index contributed by atoms with van der Waals surface area (Å²) in [4.78, 5) is 2.10. The minimum Gasteiger partial charge on any atom is -0.389 e. The standard InChI is InChI=1S/C16H19BBrF2N3/c1-11-14-10-13-6-7-15(21-8-4-3-5-9-21)23(13)17(19,20)22(14)12(2)16(11)18/h6-7,10H,3-5,8-9H2,1-2H3. The second-order valence-corrected chi connectivity index (χ2v) is 7.34. The lowest BCUT2D eigenvalue weighted by atomic mass is 9.90. The normalized spacial score (nSPS) is 23.2. The topological polar surface area (TPSA) is 11.2 Å². The highest BCUT2D eigenvalue weighted by Gasteiger charge is 2.54. The molecule has 4 heterocycles. The van der Waals surface area contributed by atoms with Crippen molar-refractivity contribution in [3.05, 3.63) is 33.6 Å². The molecule has 0 bridgehead atoms. The van der Waals surface area contributed by atoms with Crippen LogP contribution >= 0.6 is 15.9 Å². The third kappa shape index (κ3) is 2.01. The molecule has 0 aromatic carbocycles. The van der Waals surface area contributed by atoms with Gasteiger partial charge in [-0.25, -0.2) is 0 Å². The molecular weight excluding hydrogens is 363 g/mol. The number of allylic oxidation sites excluding steroid dienone is 2. The first-order chi connectivity index (χ1) is 10.9. The Labute approximate surface area is 143 Å². The maximum Gasteiger partial charge on any atom is 0.738 e. The zero-order chi connectivity index (χ0) is 16.4. The highest BCUT2D eigenvalue weighted by molar-refractivity contribution is 9.12. The number of hydrogen-bond acceptors (Lipinski definition) is 1. The molecule has 0 N–H and O–H groups in total. The summed E-state index contributed by atoms with van der Waals surface area (Å²) in [5.41, 5.74) is 2.66. The number of fused-ring (bicyclic) bond motifs is 2. The Bertz CT molecular complexity index is 785. The van der Waals surface area contributed by atoms with E-state index in [1.165, 1.54) is 15.4 Å². The zero-order valence-corrected chi connectivity index (χ0v) is 14.9. The van der Waals surface area contributed by atoms with Crippen LogP contribution in [0.2, 0.25) is 0 Å². The quantitative estimate of drug-likeness (QED) is 0.663. The van der Waals surface area contributed by atoms with Crippen LogP contribution in [-0.2, 0) is 0 Å². The van der Waals surface area contributed by atoms with Crippen LogP contribution in [0, 0.1) is 0 Å². The van der Waals surface area contributed by atoms with Crippen molar-refractivity contribution in [2.24, 2.45) is 0 Å². The first-order valence-corrected chi connectivity index (χ1v) is 8.92. The van der Waals surface area contributed by atoms with E-state index in [1.54, 1.807) is 6.92 Å². The Balaban J connectivity index is 1.89. The molecule has 0 unspecified atom stereocenters. The van der Waals surface area contributed by atoms with E-state index in [0.29, 0.717) is 22.9 Å². The molecular formula is C16H19BBrF2N3. The maximum atomic E-state index is 15.4. The van der Waals surface area contributed by atoms with Crippen molar-refractivity contribution in [2.75, 3.05) is 18.0 Å². The van der Waals surface area contributed by atoms with Gasteiger partial charge in [0.05, 0.1) is 10.3 Å². The highest BCUT2D eigenvalue weighted by Crippen LogP contribution is 2.41. The SMILES string of the molecule is CC1=C(Br)C(C)=[N+]2C1=Cc1ccc(N3CCCCC3)n1[B-]2(F)F. The number of piperidine rings is 1. The molecule has 0 amide bonds. The molecule has 7 heteroatoms. The molecule has 0 spiro atoms. The van der Waals surface area contributed by atoms with Crippen molar-refractivity contribution in [1.29, 1.82) is 0 Å². The average molecular weight is 382 g/mol. The fraction of sp³-hybridized carbons (Fsp3) is 0.438. The first kappa shape index (κ1) is 15.2. The molecule has 0 saturated carbocycles. The Morgan fingerprint density at radius 3 is 2.52 bits per heavy atom. The predicted octanol–water partition coefficient (Wildman–Crippen LogP) is 4.21. The molecule has 23 heavy (non-hydrogen) atoms. The summed E-state index contributed by atoms with van der Waals surface area (Å²) in [7, 11) is 0. The fourth-order valence-electron chi connectivity index (χ4n) is 3.97. The van der Waals surface area contributed by atoms with Gasteiger partial charge >= 0.3 is 6.97 Å². The molecule has 122 valence electrons. The van der Waals surface area contributed by atoms with Crippen molar-refractivity contribution in [3.8, 4) is 0 Å². The van der Waals surface area contributed by atoms with Crippen LogP contribution in [0.25, 0.3) is 6.08 Å². The summed E-state index contributed by atoms with van der Waals surface area (Å²) in [5.74, 6) is 0.647. The summed E-state index contributed by atoms with van der Waals surface area (Å²) in [5, 5.41) is 0. The Hall–Kier alpha value is -1.37. The van der Waals surface area contributed by atoms with Gasteiger partial charge in [0.2, 0.25) is 0 Å². The zero-order valence-electron chi connectivity index (χ0n) is 13.3. The largest absolute Gasteiger partial charge is 0.738 e. The van der Waals surface area contributed by atoms with E-state index >= 15 is 8.63 Å². The van der Waals surface area contributed by atoms with Crippen LogP contribution in [0.1, 0.15) is 38.8 Å². The van der Waals surface area contributed by atoms with Gasteiger partial charge in [0.15, 0.2) is 5.70 Å². The number of halogens is 3. The molecule has 0 atom stereocenters.